The van der Waals surface area contributed by atoms with Crippen molar-refractivity contribution in [3.8, 4) is 11.5 Å². The number of amides is 1. The van der Waals surface area contributed by atoms with Crippen LogP contribution in [0, 0.1) is 0 Å². The van der Waals surface area contributed by atoms with Crippen LogP contribution in [0.2, 0.25) is 5.02 Å². The van der Waals surface area contributed by atoms with Gasteiger partial charge in [0.25, 0.3) is 0 Å². The summed E-state index contributed by atoms with van der Waals surface area (Å²) in [6.45, 7) is 1.19. The van der Waals surface area contributed by atoms with Crippen molar-refractivity contribution in [2.45, 2.75) is 20.0 Å². The van der Waals surface area contributed by atoms with E-state index in [2.05, 4.69) is 4.74 Å². The second-order valence-corrected chi connectivity index (χ2v) is 5.82. The summed E-state index contributed by atoms with van der Waals surface area (Å²) < 4.78 is 53.3. The summed E-state index contributed by atoms with van der Waals surface area (Å²) >= 11 is 6.09. The molecule has 156 valence electrons. The molecule has 0 aliphatic rings. The maximum atomic E-state index is 12.7. The van der Waals surface area contributed by atoms with E-state index in [1.165, 1.54) is 32.2 Å². The second-order valence-electron chi connectivity index (χ2n) is 5.41. The fourth-order valence-electron chi connectivity index (χ4n) is 2.21. The highest BCUT2D eigenvalue weighted by molar-refractivity contribution is 6.32. The van der Waals surface area contributed by atoms with E-state index in [1.807, 2.05) is 0 Å². The van der Waals surface area contributed by atoms with Gasteiger partial charge in [0.2, 0.25) is 5.91 Å². The summed E-state index contributed by atoms with van der Waals surface area (Å²) in [5.41, 5.74) is 0.408. The van der Waals surface area contributed by atoms with Crippen molar-refractivity contribution in [3.05, 3.63) is 28.8 Å². The number of halogens is 4. The number of esters is 1. The molecular formula is C18H21ClF3NO5. The normalized spacial score (nSPS) is 11.4. The fourth-order valence-corrected chi connectivity index (χ4v) is 2.51. The molecule has 0 saturated carbocycles. The maximum absolute atomic E-state index is 12.7. The molecule has 0 N–H and O–H groups in total. The third-order valence-electron chi connectivity index (χ3n) is 3.26. The quantitative estimate of drug-likeness (QED) is 0.447. The Hall–Kier alpha value is -2.42. The van der Waals surface area contributed by atoms with Crippen LogP contribution >= 0.6 is 11.6 Å². The van der Waals surface area contributed by atoms with Crippen molar-refractivity contribution in [2.75, 3.05) is 33.4 Å². The van der Waals surface area contributed by atoms with Gasteiger partial charge in [0.1, 0.15) is 13.1 Å². The minimum Gasteiger partial charge on any atom is -0.491 e. The molecule has 0 bridgehead atoms. The Morgan fingerprint density at radius 3 is 2.43 bits per heavy atom. The van der Waals surface area contributed by atoms with Crippen LogP contribution in [0.5, 0.6) is 11.5 Å². The van der Waals surface area contributed by atoms with E-state index < -0.39 is 31.1 Å². The number of alkyl halides is 3. The summed E-state index contributed by atoms with van der Waals surface area (Å²) in [4.78, 5) is 24.0. The number of methoxy groups -OCH3 is 1. The van der Waals surface area contributed by atoms with Gasteiger partial charge >= 0.3 is 12.1 Å². The predicted octanol–water partition coefficient (Wildman–Crippen LogP) is 3.71. The Labute approximate surface area is 165 Å². The first-order chi connectivity index (χ1) is 13.1. The number of hydrogen-bond donors (Lipinski definition) is 0. The molecule has 0 atom stereocenters. The molecule has 0 aliphatic carbocycles. The Balaban J connectivity index is 3.05. The molecule has 0 spiro atoms. The molecule has 0 aliphatic heterocycles. The van der Waals surface area contributed by atoms with Crippen LogP contribution in [-0.2, 0) is 14.3 Å². The van der Waals surface area contributed by atoms with Crippen LogP contribution in [0.15, 0.2) is 18.2 Å². The highest BCUT2D eigenvalue weighted by atomic mass is 35.5. The van der Waals surface area contributed by atoms with E-state index in [0.29, 0.717) is 28.6 Å². The molecule has 10 heteroatoms. The SMILES string of the molecule is CCOC(=O)CN(CC(F)(F)F)C(=O)/C=C/c1cc(Cl)c(OC)c(OCC)c1. The number of carbonyl (C=O) groups excluding carboxylic acids is 2. The van der Waals surface area contributed by atoms with Gasteiger partial charge in [-0.05, 0) is 37.6 Å². The van der Waals surface area contributed by atoms with Crippen LogP contribution in [0.1, 0.15) is 19.4 Å². The lowest BCUT2D eigenvalue weighted by Crippen LogP contribution is -2.41. The third-order valence-corrected chi connectivity index (χ3v) is 3.54. The molecule has 1 aromatic carbocycles. The molecule has 0 heterocycles. The smallest absolute Gasteiger partial charge is 0.406 e. The first-order valence-electron chi connectivity index (χ1n) is 8.30. The minimum atomic E-state index is -4.67. The zero-order chi connectivity index (χ0) is 21.3. The minimum absolute atomic E-state index is 0.00667. The van der Waals surface area contributed by atoms with Crippen LogP contribution in [0.4, 0.5) is 13.2 Å². The van der Waals surface area contributed by atoms with Gasteiger partial charge in [-0.15, -0.1) is 0 Å². The lowest BCUT2D eigenvalue weighted by atomic mass is 10.1. The van der Waals surface area contributed by atoms with Gasteiger partial charge in [0, 0.05) is 6.08 Å². The van der Waals surface area contributed by atoms with Crippen LogP contribution in [0.25, 0.3) is 6.08 Å². The highest BCUT2D eigenvalue weighted by Crippen LogP contribution is 2.36. The molecular weight excluding hydrogens is 403 g/mol. The lowest BCUT2D eigenvalue weighted by molar-refractivity contribution is -0.164. The van der Waals surface area contributed by atoms with E-state index in [4.69, 9.17) is 21.1 Å². The molecule has 28 heavy (non-hydrogen) atoms. The number of rotatable bonds is 9. The Morgan fingerprint density at radius 1 is 1.21 bits per heavy atom. The van der Waals surface area contributed by atoms with E-state index in [9.17, 15) is 22.8 Å². The Kier molecular flexibility index (Phi) is 9.11. The van der Waals surface area contributed by atoms with Gasteiger partial charge in [-0.1, -0.05) is 11.6 Å². The second kappa shape index (κ2) is 10.8. The first-order valence-corrected chi connectivity index (χ1v) is 8.68. The molecule has 1 aromatic rings. The Bertz CT molecular complexity index is 722. The summed E-state index contributed by atoms with van der Waals surface area (Å²) in [6.07, 6.45) is -2.48. The number of nitrogens with zero attached hydrogens (tertiary/aromatic N) is 1. The molecule has 6 nitrogen and oxygen atoms in total. The first kappa shape index (κ1) is 23.6. The third kappa shape index (κ3) is 7.67. The van der Waals surface area contributed by atoms with E-state index in [1.54, 1.807) is 6.92 Å². The van der Waals surface area contributed by atoms with Crippen molar-refractivity contribution in [2.24, 2.45) is 0 Å². The summed E-state index contributed by atoms with van der Waals surface area (Å²) in [6, 6.07) is 2.99. The number of ether oxygens (including phenoxy) is 3. The zero-order valence-electron chi connectivity index (χ0n) is 15.6. The van der Waals surface area contributed by atoms with Crippen molar-refractivity contribution in [1.82, 2.24) is 4.90 Å². The van der Waals surface area contributed by atoms with Crippen LogP contribution in [0.3, 0.4) is 0 Å². The summed E-state index contributed by atoms with van der Waals surface area (Å²) in [5, 5.41) is 0.208. The number of carbonyl (C=O) groups is 2. The van der Waals surface area contributed by atoms with Crippen molar-refractivity contribution in [1.29, 1.82) is 0 Å². The van der Waals surface area contributed by atoms with Crippen LogP contribution in [-0.4, -0.2) is 56.4 Å². The molecule has 1 amide bonds. The average molecular weight is 424 g/mol. The molecule has 0 unspecified atom stereocenters. The van der Waals surface area contributed by atoms with Gasteiger partial charge in [-0.25, -0.2) is 0 Å². The van der Waals surface area contributed by atoms with E-state index in [0.717, 1.165) is 6.08 Å². The fraction of sp³-hybridized carbons (Fsp3) is 0.444. The van der Waals surface area contributed by atoms with Gasteiger partial charge in [-0.2, -0.15) is 13.2 Å². The van der Waals surface area contributed by atoms with Crippen molar-refractivity contribution in [3.63, 3.8) is 0 Å². The van der Waals surface area contributed by atoms with E-state index in [-0.39, 0.29) is 11.6 Å². The summed E-state index contributed by atoms with van der Waals surface area (Å²) in [7, 11) is 1.41. The van der Waals surface area contributed by atoms with Gasteiger partial charge in [-0.3, -0.25) is 9.59 Å². The monoisotopic (exact) mass is 423 g/mol. The molecule has 1 rings (SSSR count). The molecule has 0 aromatic heterocycles. The van der Waals surface area contributed by atoms with Gasteiger partial charge in [0.15, 0.2) is 11.5 Å². The topological polar surface area (TPSA) is 65.1 Å². The molecule has 0 saturated heterocycles. The average Bonchev–Trinajstić information content (AvgIpc) is 2.58. The van der Waals surface area contributed by atoms with Gasteiger partial charge in [0.05, 0.1) is 25.3 Å². The highest BCUT2D eigenvalue weighted by Gasteiger charge is 2.33. The van der Waals surface area contributed by atoms with Crippen molar-refractivity contribution >= 4 is 29.6 Å². The van der Waals surface area contributed by atoms with Crippen molar-refractivity contribution < 1.29 is 37.0 Å². The van der Waals surface area contributed by atoms with Gasteiger partial charge < -0.3 is 19.1 Å². The predicted molar refractivity (Wildman–Crippen MR) is 97.5 cm³/mol. The Morgan fingerprint density at radius 2 is 1.89 bits per heavy atom. The largest absolute Gasteiger partial charge is 0.491 e. The summed E-state index contributed by atoms with van der Waals surface area (Å²) in [5.74, 6) is -1.31. The lowest BCUT2D eigenvalue weighted by Gasteiger charge is -2.21. The standard InChI is InChI=1S/C18H21ClF3NO5/c1-4-27-14-9-12(8-13(19)17(14)26-3)6-7-15(24)23(11-18(20,21)22)10-16(25)28-5-2/h6-9H,4-5,10-11H2,1-3H3/b7-6+. The van der Waals surface area contributed by atoms with Crippen LogP contribution < -0.4 is 9.47 Å². The molecule has 0 radical (unpaired) electrons. The van der Waals surface area contributed by atoms with E-state index >= 15 is 0 Å². The zero-order valence-corrected chi connectivity index (χ0v) is 16.4. The number of benzene rings is 1. The number of hydrogen-bond acceptors (Lipinski definition) is 5. The maximum Gasteiger partial charge on any atom is 0.406 e. The molecule has 0 fully saturated rings.